The van der Waals surface area contributed by atoms with E-state index >= 15 is 0 Å². The summed E-state index contributed by atoms with van der Waals surface area (Å²) in [6.45, 7) is 14.1. The van der Waals surface area contributed by atoms with E-state index in [0.717, 1.165) is 40.5 Å². The third-order valence-corrected chi connectivity index (χ3v) is 6.28. The van der Waals surface area contributed by atoms with Gasteiger partial charge < -0.3 is 19.0 Å². The highest BCUT2D eigenvalue weighted by atomic mass is 16.5. The second kappa shape index (κ2) is 15.3. The number of rotatable bonds is 11. The number of aryl methyl sites for hydroxylation is 3. The number of benzene rings is 1. The molecule has 1 N–H and O–H groups in total. The second-order valence-corrected chi connectivity index (χ2v) is 9.92. The molecule has 1 aliphatic rings. The van der Waals surface area contributed by atoms with Crippen LogP contribution in [-0.2, 0) is 16.0 Å². The lowest BCUT2D eigenvalue weighted by atomic mass is 10.0. The maximum atomic E-state index is 10.7. The standard InChI is InChI=1S/C19H25NO4.C12H20O/c1-11(2)18-19(24-14(5)20-18)13(4)23-16-8-6-15(12(3)10-16)7-9-17(21)22;1-3-7-11(8-4-2)13-12-9-5-6-10-12/h6,8,10-11,13H,7,9H2,1-5H3,(H,21,22);3,7-8,12H,4-6,9-10H2,1-2H3/b;7-3-,11-8+. The number of allylic oxidation sites excluding steroid dienone is 3. The van der Waals surface area contributed by atoms with E-state index in [1.807, 2.05) is 52.0 Å². The zero-order chi connectivity index (χ0) is 27.4. The number of hydrogen-bond donors (Lipinski definition) is 1. The maximum Gasteiger partial charge on any atom is 0.303 e. The van der Waals surface area contributed by atoms with Gasteiger partial charge >= 0.3 is 5.97 Å². The van der Waals surface area contributed by atoms with Crippen LogP contribution in [0.15, 0.2) is 46.6 Å². The van der Waals surface area contributed by atoms with Crippen molar-refractivity contribution in [3.8, 4) is 5.75 Å². The maximum absolute atomic E-state index is 10.7. The van der Waals surface area contributed by atoms with Crippen LogP contribution in [0.4, 0.5) is 0 Å². The molecular weight excluding hydrogens is 466 g/mol. The Morgan fingerprint density at radius 2 is 1.92 bits per heavy atom. The summed E-state index contributed by atoms with van der Waals surface area (Å²) < 4.78 is 17.6. The summed E-state index contributed by atoms with van der Waals surface area (Å²) in [5.41, 5.74) is 2.98. The molecule has 6 heteroatoms. The van der Waals surface area contributed by atoms with Gasteiger partial charge in [-0.25, -0.2) is 4.98 Å². The Balaban J connectivity index is 0.000000312. The van der Waals surface area contributed by atoms with Crippen LogP contribution < -0.4 is 4.74 Å². The molecule has 1 unspecified atom stereocenters. The Morgan fingerprint density at radius 3 is 2.49 bits per heavy atom. The summed E-state index contributed by atoms with van der Waals surface area (Å²) in [6.07, 6.45) is 13.3. The molecule has 0 aliphatic heterocycles. The molecule has 37 heavy (non-hydrogen) atoms. The van der Waals surface area contributed by atoms with Gasteiger partial charge in [0.05, 0.1) is 11.8 Å². The third kappa shape index (κ3) is 10.1. The average molecular weight is 512 g/mol. The van der Waals surface area contributed by atoms with Gasteiger partial charge in [-0.3, -0.25) is 4.79 Å². The van der Waals surface area contributed by atoms with Crippen LogP contribution in [0.5, 0.6) is 5.75 Å². The summed E-state index contributed by atoms with van der Waals surface area (Å²) >= 11 is 0. The zero-order valence-electron chi connectivity index (χ0n) is 23.7. The van der Waals surface area contributed by atoms with Gasteiger partial charge in [0.15, 0.2) is 17.8 Å². The number of oxazole rings is 1. The lowest BCUT2D eigenvalue weighted by molar-refractivity contribution is -0.136. The van der Waals surface area contributed by atoms with Gasteiger partial charge in [0.2, 0.25) is 0 Å². The van der Waals surface area contributed by atoms with Gasteiger partial charge in [0.25, 0.3) is 0 Å². The molecule has 1 aromatic carbocycles. The van der Waals surface area contributed by atoms with E-state index in [-0.39, 0.29) is 18.4 Å². The number of hydrogen-bond acceptors (Lipinski definition) is 5. The average Bonchev–Trinajstić information content (AvgIpc) is 3.49. The molecule has 0 spiro atoms. The van der Waals surface area contributed by atoms with E-state index in [4.69, 9.17) is 19.0 Å². The van der Waals surface area contributed by atoms with Crippen LogP contribution in [-0.4, -0.2) is 22.2 Å². The number of carboxylic acid groups (broad SMARTS) is 1. The molecule has 1 heterocycles. The second-order valence-electron chi connectivity index (χ2n) is 9.92. The van der Waals surface area contributed by atoms with Crippen LogP contribution in [0, 0.1) is 13.8 Å². The van der Waals surface area contributed by atoms with Crippen molar-refractivity contribution in [3.63, 3.8) is 0 Å². The number of ether oxygens (including phenoxy) is 2. The molecule has 204 valence electrons. The summed E-state index contributed by atoms with van der Waals surface area (Å²) in [5, 5.41) is 8.80. The predicted molar refractivity (Wildman–Crippen MR) is 148 cm³/mol. The van der Waals surface area contributed by atoms with Gasteiger partial charge in [-0.05, 0) is 101 Å². The van der Waals surface area contributed by atoms with Crippen LogP contribution >= 0.6 is 0 Å². The van der Waals surface area contributed by atoms with Gasteiger partial charge in [-0.15, -0.1) is 0 Å². The smallest absolute Gasteiger partial charge is 0.303 e. The highest BCUT2D eigenvalue weighted by Crippen LogP contribution is 2.30. The SMILES string of the molecule is C/C=C\C(=C/CC)OC1CCCC1.Cc1nc(C(C)C)c(C(C)Oc2ccc(CCC(=O)O)c(C)c2)o1. The van der Waals surface area contributed by atoms with E-state index < -0.39 is 5.97 Å². The van der Waals surface area contributed by atoms with E-state index in [2.05, 4.69) is 37.9 Å². The fourth-order valence-corrected chi connectivity index (χ4v) is 4.40. The quantitative estimate of drug-likeness (QED) is 0.241. The highest BCUT2D eigenvalue weighted by molar-refractivity contribution is 5.67. The Hall–Kier alpha value is -3.02. The zero-order valence-corrected chi connectivity index (χ0v) is 23.7. The predicted octanol–water partition coefficient (Wildman–Crippen LogP) is 8.39. The summed E-state index contributed by atoms with van der Waals surface area (Å²) in [6, 6.07) is 5.74. The lowest BCUT2D eigenvalue weighted by Crippen LogP contribution is -2.06. The van der Waals surface area contributed by atoms with Crippen molar-refractivity contribution in [1.29, 1.82) is 0 Å². The van der Waals surface area contributed by atoms with Gasteiger partial charge in [-0.1, -0.05) is 32.9 Å². The molecular formula is C31H45NO5. The molecule has 0 amide bonds. The molecule has 1 atom stereocenters. The van der Waals surface area contributed by atoms with Crippen LogP contribution in [0.1, 0.15) is 114 Å². The fourth-order valence-electron chi connectivity index (χ4n) is 4.40. The Labute approximate surface area is 222 Å². The number of aromatic nitrogens is 1. The first kappa shape index (κ1) is 30.2. The van der Waals surface area contributed by atoms with Crippen molar-refractivity contribution in [1.82, 2.24) is 4.98 Å². The van der Waals surface area contributed by atoms with Crippen molar-refractivity contribution in [2.75, 3.05) is 0 Å². The van der Waals surface area contributed by atoms with Crippen molar-refractivity contribution in [2.45, 2.75) is 112 Å². The Kier molecular flexibility index (Phi) is 12.5. The van der Waals surface area contributed by atoms with Crippen LogP contribution in [0.25, 0.3) is 0 Å². The van der Waals surface area contributed by atoms with Gasteiger partial charge in [0.1, 0.15) is 11.5 Å². The lowest BCUT2D eigenvalue weighted by Gasteiger charge is -2.16. The van der Waals surface area contributed by atoms with Crippen molar-refractivity contribution in [3.05, 3.63) is 70.7 Å². The number of nitrogens with zero attached hydrogens (tertiary/aromatic N) is 1. The minimum Gasteiger partial charge on any atom is -0.491 e. The third-order valence-electron chi connectivity index (χ3n) is 6.28. The normalized spacial score (nSPS) is 15.1. The molecule has 2 aromatic rings. The van der Waals surface area contributed by atoms with Crippen molar-refractivity contribution in [2.24, 2.45) is 0 Å². The molecule has 0 radical (unpaired) electrons. The fraction of sp³-hybridized carbons (Fsp3) is 0.548. The number of aliphatic carboxylic acids is 1. The Bertz CT molecular complexity index is 1040. The molecule has 1 aromatic heterocycles. The van der Waals surface area contributed by atoms with Gasteiger partial charge in [-0.2, -0.15) is 0 Å². The molecule has 1 aliphatic carbocycles. The first-order chi connectivity index (χ1) is 17.6. The minimum atomic E-state index is -0.787. The summed E-state index contributed by atoms with van der Waals surface area (Å²) in [4.78, 5) is 15.1. The largest absolute Gasteiger partial charge is 0.491 e. The van der Waals surface area contributed by atoms with E-state index in [1.54, 1.807) is 0 Å². The van der Waals surface area contributed by atoms with Crippen LogP contribution in [0.2, 0.25) is 0 Å². The minimum absolute atomic E-state index is 0.131. The molecule has 1 saturated carbocycles. The topological polar surface area (TPSA) is 81.8 Å². The highest BCUT2D eigenvalue weighted by Gasteiger charge is 2.21. The van der Waals surface area contributed by atoms with E-state index in [9.17, 15) is 4.79 Å². The molecule has 1 fully saturated rings. The Morgan fingerprint density at radius 1 is 1.22 bits per heavy atom. The molecule has 3 rings (SSSR count). The summed E-state index contributed by atoms with van der Waals surface area (Å²) in [7, 11) is 0. The molecule has 0 bridgehead atoms. The van der Waals surface area contributed by atoms with Gasteiger partial charge in [0, 0.05) is 13.3 Å². The van der Waals surface area contributed by atoms with Crippen molar-refractivity contribution < 1.29 is 23.8 Å². The molecule has 6 nitrogen and oxygen atoms in total. The summed E-state index contributed by atoms with van der Waals surface area (Å²) in [5.74, 6) is 2.67. The van der Waals surface area contributed by atoms with Crippen molar-refractivity contribution >= 4 is 5.97 Å². The number of carbonyl (C=O) groups is 1. The molecule has 0 saturated heterocycles. The monoisotopic (exact) mass is 511 g/mol. The first-order valence-corrected chi connectivity index (χ1v) is 13.6. The van der Waals surface area contributed by atoms with E-state index in [0.29, 0.717) is 18.4 Å². The first-order valence-electron chi connectivity index (χ1n) is 13.6. The van der Waals surface area contributed by atoms with E-state index in [1.165, 1.54) is 25.7 Å². The number of carboxylic acids is 1. The van der Waals surface area contributed by atoms with Crippen LogP contribution in [0.3, 0.4) is 0 Å².